The number of aliphatic hydroxyl groups is 1. The van der Waals surface area contributed by atoms with E-state index in [0.29, 0.717) is 24.0 Å². The zero-order valence-electron chi connectivity index (χ0n) is 15.7. The maximum atomic E-state index is 14.5. The van der Waals surface area contributed by atoms with Gasteiger partial charge < -0.3 is 10.4 Å². The number of para-hydroxylation sites is 2. The fourth-order valence-corrected chi connectivity index (χ4v) is 5.15. The Morgan fingerprint density at radius 1 is 1.18 bits per heavy atom. The van der Waals surface area contributed by atoms with Crippen molar-refractivity contribution in [2.75, 3.05) is 21.7 Å². The molecule has 8 heteroatoms. The molecule has 0 saturated heterocycles. The first-order chi connectivity index (χ1) is 13.4. The van der Waals surface area contributed by atoms with Gasteiger partial charge in [-0.3, -0.25) is 4.31 Å². The molecule has 2 aromatic carbocycles. The lowest BCUT2D eigenvalue weighted by molar-refractivity contribution is 0.164. The second-order valence-corrected chi connectivity index (χ2v) is 9.11. The first kappa shape index (κ1) is 19.2. The van der Waals surface area contributed by atoms with Crippen molar-refractivity contribution in [1.29, 1.82) is 0 Å². The van der Waals surface area contributed by atoms with Crippen LogP contribution >= 0.6 is 0 Å². The number of aryl methyl sites for hydroxylation is 1. The van der Waals surface area contributed by atoms with E-state index in [2.05, 4.69) is 5.32 Å². The van der Waals surface area contributed by atoms with E-state index in [4.69, 9.17) is 0 Å². The molecule has 0 spiro atoms. The van der Waals surface area contributed by atoms with Crippen molar-refractivity contribution in [2.24, 2.45) is 0 Å². The smallest absolute Gasteiger partial charge is 0.331 e. The van der Waals surface area contributed by atoms with Gasteiger partial charge >= 0.3 is 10.2 Å². The van der Waals surface area contributed by atoms with E-state index >= 15 is 0 Å². The molecular formula is C20H24FN3O3S. The lowest BCUT2D eigenvalue weighted by Crippen LogP contribution is -2.38. The van der Waals surface area contributed by atoms with E-state index in [1.165, 1.54) is 16.4 Å². The molecule has 4 rings (SSSR count). The van der Waals surface area contributed by atoms with Gasteiger partial charge in [-0.05, 0) is 56.0 Å². The maximum absolute atomic E-state index is 14.5. The van der Waals surface area contributed by atoms with Crippen LogP contribution in [0.5, 0.6) is 0 Å². The van der Waals surface area contributed by atoms with Crippen LogP contribution in [-0.2, 0) is 10.2 Å². The van der Waals surface area contributed by atoms with E-state index in [1.807, 2.05) is 0 Å². The quantitative estimate of drug-likeness (QED) is 0.743. The molecule has 1 heterocycles. The second kappa shape index (κ2) is 7.35. The Labute approximate surface area is 164 Å². The van der Waals surface area contributed by atoms with Crippen LogP contribution in [0.4, 0.5) is 21.5 Å². The predicted molar refractivity (Wildman–Crippen MR) is 108 cm³/mol. The zero-order valence-corrected chi connectivity index (χ0v) is 16.5. The number of benzene rings is 2. The molecule has 1 fully saturated rings. The minimum absolute atomic E-state index is 0.00546. The van der Waals surface area contributed by atoms with Gasteiger partial charge in [-0.25, -0.2) is 8.70 Å². The number of hydrogen-bond donors (Lipinski definition) is 2. The summed E-state index contributed by atoms with van der Waals surface area (Å²) in [5.41, 5.74) is 1.68. The monoisotopic (exact) mass is 405 g/mol. The van der Waals surface area contributed by atoms with Gasteiger partial charge in [0.1, 0.15) is 5.82 Å². The molecule has 0 aromatic heterocycles. The third-order valence-corrected chi connectivity index (χ3v) is 6.87. The highest BCUT2D eigenvalue weighted by atomic mass is 32.2. The van der Waals surface area contributed by atoms with Gasteiger partial charge in [-0.2, -0.15) is 8.42 Å². The van der Waals surface area contributed by atoms with E-state index < -0.39 is 22.1 Å². The molecule has 0 amide bonds. The molecule has 2 aliphatic rings. The van der Waals surface area contributed by atoms with Crippen LogP contribution in [0.2, 0.25) is 0 Å². The molecule has 2 N–H and O–H groups in total. The van der Waals surface area contributed by atoms with Gasteiger partial charge in [-0.1, -0.05) is 18.2 Å². The van der Waals surface area contributed by atoms with Crippen LogP contribution in [0.25, 0.3) is 0 Å². The molecule has 150 valence electrons. The summed E-state index contributed by atoms with van der Waals surface area (Å²) in [6.45, 7) is 2.35. The Bertz CT molecular complexity index is 978. The summed E-state index contributed by atoms with van der Waals surface area (Å²) in [6, 6.07) is 11.7. The number of anilines is 3. The molecule has 1 aliphatic carbocycles. The lowest BCUT2D eigenvalue weighted by atomic mass is 10.2. The summed E-state index contributed by atoms with van der Waals surface area (Å²) in [4.78, 5) is 0. The van der Waals surface area contributed by atoms with E-state index in [0.717, 1.165) is 22.7 Å². The minimum Gasteiger partial charge on any atom is -0.392 e. The molecule has 2 aromatic rings. The van der Waals surface area contributed by atoms with Crippen LogP contribution in [0.1, 0.15) is 24.8 Å². The standard InChI is InChI=1S/C20H24FN3O3S/c1-14-6-9-17(21)20(12-14)24-19-5-3-2-4-18(19)23(28(24,26)27)11-10-16(25)13-22-15-7-8-15/h2-6,9,12,15-16,22,25H,7-8,10-11,13H2,1H3/t16-/m0/s1. The van der Waals surface area contributed by atoms with Crippen molar-refractivity contribution >= 4 is 27.3 Å². The molecule has 28 heavy (non-hydrogen) atoms. The molecule has 6 nitrogen and oxygen atoms in total. The third kappa shape index (κ3) is 3.59. The van der Waals surface area contributed by atoms with Crippen molar-refractivity contribution in [1.82, 2.24) is 5.32 Å². The molecule has 0 radical (unpaired) electrons. The minimum atomic E-state index is -4.00. The van der Waals surface area contributed by atoms with Crippen molar-refractivity contribution in [3.8, 4) is 0 Å². The molecule has 1 atom stereocenters. The van der Waals surface area contributed by atoms with Gasteiger partial charge in [0, 0.05) is 19.1 Å². The predicted octanol–water partition coefficient (Wildman–Crippen LogP) is 2.84. The number of nitrogens with zero attached hydrogens (tertiary/aromatic N) is 2. The SMILES string of the molecule is Cc1ccc(F)c(N2c3ccccc3N(CC[C@H](O)CNC3CC3)S2(=O)=O)c1. The maximum Gasteiger partial charge on any atom is 0.331 e. The van der Waals surface area contributed by atoms with Gasteiger partial charge in [-0.15, -0.1) is 0 Å². The van der Waals surface area contributed by atoms with Gasteiger partial charge in [0.25, 0.3) is 0 Å². The fraction of sp³-hybridized carbons (Fsp3) is 0.400. The number of aliphatic hydroxyl groups excluding tert-OH is 1. The zero-order chi connectivity index (χ0) is 19.9. The Kier molecular flexibility index (Phi) is 5.03. The Morgan fingerprint density at radius 3 is 2.61 bits per heavy atom. The van der Waals surface area contributed by atoms with Crippen molar-refractivity contribution in [3.63, 3.8) is 0 Å². The summed E-state index contributed by atoms with van der Waals surface area (Å²) < 4.78 is 43.4. The van der Waals surface area contributed by atoms with Gasteiger partial charge in [0.15, 0.2) is 0 Å². The summed E-state index contributed by atoms with van der Waals surface area (Å²) in [5, 5.41) is 13.5. The van der Waals surface area contributed by atoms with Gasteiger partial charge in [0.05, 0.1) is 23.2 Å². The third-order valence-electron chi connectivity index (χ3n) is 5.08. The Balaban J connectivity index is 1.62. The average Bonchev–Trinajstić information content (AvgIpc) is 3.45. The topological polar surface area (TPSA) is 72.9 Å². The number of fused-ring (bicyclic) bond motifs is 1. The van der Waals surface area contributed by atoms with Crippen LogP contribution < -0.4 is 13.9 Å². The van der Waals surface area contributed by atoms with Crippen LogP contribution in [-0.4, -0.2) is 38.8 Å². The molecule has 0 unspecified atom stereocenters. The Morgan fingerprint density at radius 2 is 1.89 bits per heavy atom. The normalized spacial score (nSPS) is 19.0. The summed E-state index contributed by atoms with van der Waals surface area (Å²) >= 11 is 0. The molecule has 1 saturated carbocycles. The highest BCUT2D eigenvalue weighted by Crippen LogP contribution is 2.46. The van der Waals surface area contributed by atoms with Crippen molar-refractivity contribution in [2.45, 2.75) is 38.3 Å². The summed E-state index contributed by atoms with van der Waals surface area (Å²) in [5.74, 6) is -0.598. The van der Waals surface area contributed by atoms with Crippen molar-refractivity contribution < 1.29 is 17.9 Å². The first-order valence-corrected chi connectivity index (χ1v) is 10.9. The fourth-order valence-electron chi connectivity index (χ4n) is 3.42. The van der Waals surface area contributed by atoms with E-state index in [-0.39, 0.29) is 18.7 Å². The second-order valence-electron chi connectivity index (χ2n) is 7.41. The summed E-state index contributed by atoms with van der Waals surface area (Å²) in [6.07, 6.45) is 1.89. The number of rotatable bonds is 7. The number of halogens is 1. The van der Waals surface area contributed by atoms with Gasteiger partial charge in [0.2, 0.25) is 0 Å². The largest absolute Gasteiger partial charge is 0.392 e. The average molecular weight is 405 g/mol. The highest BCUT2D eigenvalue weighted by molar-refractivity contribution is 7.95. The highest BCUT2D eigenvalue weighted by Gasteiger charge is 2.42. The van der Waals surface area contributed by atoms with Crippen molar-refractivity contribution in [3.05, 3.63) is 53.8 Å². The Hall–Kier alpha value is -2.16. The molecule has 0 bridgehead atoms. The summed E-state index contributed by atoms with van der Waals surface area (Å²) in [7, 11) is -4.00. The van der Waals surface area contributed by atoms with Crippen LogP contribution in [0.15, 0.2) is 42.5 Å². The van der Waals surface area contributed by atoms with E-state index in [1.54, 1.807) is 37.3 Å². The first-order valence-electron chi connectivity index (χ1n) is 9.47. The van der Waals surface area contributed by atoms with Crippen LogP contribution in [0.3, 0.4) is 0 Å². The number of hydrogen-bond acceptors (Lipinski definition) is 4. The van der Waals surface area contributed by atoms with E-state index in [9.17, 15) is 17.9 Å². The molecule has 1 aliphatic heterocycles. The number of nitrogens with one attached hydrogen (secondary N) is 1. The lowest BCUT2D eigenvalue weighted by Gasteiger charge is -2.23. The molecular weight excluding hydrogens is 381 g/mol. The van der Waals surface area contributed by atoms with Crippen LogP contribution in [0, 0.1) is 12.7 Å².